The summed E-state index contributed by atoms with van der Waals surface area (Å²) in [7, 11) is 0. The van der Waals surface area contributed by atoms with Crippen LogP contribution in [0, 0.1) is 12.8 Å². The van der Waals surface area contributed by atoms with Gasteiger partial charge in [0.2, 0.25) is 5.91 Å². The second kappa shape index (κ2) is 6.05. The largest absolute Gasteiger partial charge is 0.360 e. The van der Waals surface area contributed by atoms with Crippen LogP contribution in [0.3, 0.4) is 0 Å². The van der Waals surface area contributed by atoms with Gasteiger partial charge in [0.15, 0.2) is 5.76 Å². The molecule has 5 heterocycles. The number of piperidine rings is 1. The van der Waals surface area contributed by atoms with Gasteiger partial charge in [-0.2, -0.15) is 0 Å². The molecule has 0 N–H and O–H groups in total. The summed E-state index contributed by atoms with van der Waals surface area (Å²) in [5.41, 5.74) is 3.72. The molecule has 3 aliphatic rings. The number of nitrogens with zero attached hydrogens (tertiary/aromatic N) is 4. The maximum Gasteiger partial charge on any atom is 0.227 e. The van der Waals surface area contributed by atoms with Gasteiger partial charge < -0.3 is 9.42 Å². The summed E-state index contributed by atoms with van der Waals surface area (Å²) < 4.78 is 5.34. The molecule has 0 unspecified atom stereocenters. The van der Waals surface area contributed by atoms with Crippen molar-refractivity contribution in [1.82, 2.24) is 19.9 Å². The van der Waals surface area contributed by atoms with Crippen LogP contribution in [0.2, 0.25) is 0 Å². The molecule has 1 amide bonds. The molecule has 2 bridgehead atoms. The standard InChI is InChI=1S/C16H20N4O2S/c1-11-4-15(22-18-11)8-19-5-12-2-3-14(7-19)20(16(12)21)6-13-9-23-10-17-13/h4,9-10,12,14H,2-3,5-8H2,1H3/t12-,14+/m1/s1. The Kier molecular flexibility index (Phi) is 3.90. The van der Waals surface area contributed by atoms with Gasteiger partial charge in [-0.1, -0.05) is 5.16 Å². The van der Waals surface area contributed by atoms with Gasteiger partial charge in [0.05, 0.1) is 35.9 Å². The van der Waals surface area contributed by atoms with Crippen molar-refractivity contribution in [2.24, 2.45) is 5.92 Å². The summed E-state index contributed by atoms with van der Waals surface area (Å²) in [6.07, 6.45) is 2.06. The quantitative estimate of drug-likeness (QED) is 0.857. The molecule has 0 radical (unpaired) electrons. The van der Waals surface area contributed by atoms with Gasteiger partial charge >= 0.3 is 0 Å². The molecule has 0 spiro atoms. The molecule has 2 atom stereocenters. The minimum Gasteiger partial charge on any atom is -0.360 e. The number of fused-ring (bicyclic) bond motifs is 4. The Morgan fingerprint density at radius 3 is 3.00 bits per heavy atom. The summed E-state index contributed by atoms with van der Waals surface area (Å²) in [5, 5.41) is 5.98. The fourth-order valence-corrected chi connectivity index (χ4v) is 4.22. The van der Waals surface area contributed by atoms with Crippen LogP contribution in [0.15, 0.2) is 21.5 Å². The van der Waals surface area contributed by atoms with Crippen molar-refractivity contribution >= 4 is 17.2 Å². The van der Waals surface area contributed by atoms with E-state index in [2.05, 4.69) is 15.0 Å². The first-order valence-corrected chi connectivity index (χ1v) is 8.95. The Balaban J connectivity index is 1.50. The molecular weight excluding hydrogens is 312 g/mol. The van der Waals surface area contributed by atoms with Crippen molar-refractivity contribution in [3.8, 4) is 0 Å². The molecule has 3 saturated heterocycles. The molecule has 2 aromatic heterocycles. The monoisotopic (exact) mass is 332 g/mol. The molecule has 23 heavy (non-hydrogen) atoms. The predicted molar refractivity (Wildman–Crippen MR) is 85.7 cm³/mol. The summed E-state index contributed by atoms with van der Waals surface area (Å²) in [6.45, 7) is 5.00. The topological polar surface area (TPSA) is 62.5 Å². The molecule has 0 aliphatic carbocycles. The second-order valence-corrected chi connectivity index (χ2v) is 7.22. The van der Waals surface area contributed by atoms with Crippen molar-refractivity contribution in [2.45, 2.75) is 38.9 Å². The van der Waals surface area contributed by atoms with Crippen LogP contribution in [0.1, 0.15) is 30.0 Å². The minimum absolute atomic E-state index is 0.0939. The lowest BCUT2D eigenvalue weighted by Gasteiger charge is -2.35. The molecule has 2 aromatic rings. The van der Waals surface area contributed by atoms with E-state index in [1.807, 2.05) is 28.8 Å². The Bertz CT molecular complexity index is 684. The third-order valence-electron chi connectivity index (χ3n) is 4.74. The molecule has 3 fully saturated rings. The van der Waals surface area contributed by atoms with E-state index >= 15 is 0 Å². The van der Waals surface area contributed by atoms with Gasteiger partial charge in [0.25, 0.3) is 0 Å². The molecule has 122 valence electrons. The van der Waals surface area contributed by atoms with Gasteiger partial charge in [0, 0.05) is 30.6 Å². The van der Waals surface area contributed by atoms with E-state index in [1.54, 1.807) is 11.3 Å². The van der Waals surface area contributed by atoms with Crippen LogP contribution in [-0.4, -0.2) is 45.0 Å². The van der Waals surface area contributed by atoms with Gasteiger partial charge in [-0.3, -0.25) is 9.69 Å². The number of aryl methyl sites for hydroxylation is 1. The van der Waals surface area contributed by atoms with E-state index in [9.17, 15) is 4.79 Å². The van der Waals surface area contributed by atoms with Crippen LogP contribution in [-0.2, 0) is 17.9 Å². The number of aromatic nitrogens is 2. The van der Waals surface area contributed by atoms with Crippen molar-refractivity contribution in [1.29, 1.82) is 0 Å². The molecular formula is C16H20N4O2S. The zero-order chi connectivity index (χ0) is 15.8. The highest BCUT2D eigenvalue weighted by molar-refractivity contribution is 7.07. The smallest absolute Gasteiger partial charge is 0.227 e. The van der Waals surface area contributed by atoms with E-state index in [4.69, 9.17) is 4.52 Å². The highest BCUT2D eigenvalue weighted by Crippen LogP contribution is 2.31. The van der Waals surface area contributed by atoms with Crippen molar-refractivity contribution < 1.29 is 9.32 Å². The predicted octanol–water partition coefficient (Wildman–Crippen LogP) is 2.06. The van der Waals surface area contributed by atoms with E-state index in [0.29, 0.717) is 6.54 Å². The highest BCUT2D eigenvalue weighted by Gasteiger charge is 2.40. The summed E-state index contributed by atoms with van der Waals surface area (Å²) in [5.74, 6) is 1.25. The first-order chi connectivity index (χ1) is 11.2. The van der Waals surface area contributed by atoms with Crippen LogP contribution in [0.5, 0.6) is 0 Å². The number of carbonyl (C=O) groups is 1. The van der Waals surface area contributed by atoms with Crippen molar-refractivity contribution in [3.63, 3.8) is 0 Å². The first kappa shape index (κ1) is 14.8. The molecule has 5 rings (SSSR count). The Hall–Kier alpha value is -1.73. The third-order valence-corrected chi connectivity index (χ3v) is 5.38. The fourth-order valence-electron chi connectivity index (χ4n) is 3.67. The highest BCUT2D eigenvalue weighted by atomic mass is 32.1. The van der Waals surface area contributed by atoms with E-state index < -0.39 is 0 Å². The van der Waals surface area contributed by atoms with Gasteiger partial charge in [0.1, 0.15) is 0 Å². The van der Waals surface area contributed by atoms with E-state index in [-0.39, 0.29) is 17.9 Å². The lowest BCUT2D eigenvalue weighted by Crippen LogP contribution is -2.47. The summed E-state index contributed by atoms with van der Waals surface area (Å²) in [4.78, 5) is 21.5. The number of hydrogen-bond donors (Lipinski definition) is 0. The van der Waals surface area contributed by atoms with Crippen molar-refractivity contribution in [3.05, 3.63) is 34.1 Å². The number of rotatable bonds is 4. The lowest BCUT2D eigenvalue weighted by atomic mass is 9.94. The minimum atomic E-state index is 0.0939. The molecule has 7 heteroatoms. The number of hydrogen-bond acceptors (Lipinski definition) is 6. The fraction of sp³-hybridized carbons (Fsp3) is 0.562. The second-order valence-electron chi connectivity index (χ2n) is 6.50. The van der Waals surface area contributed by atoms with Crippen LogP contribution in [0.4, 0.5) is 0 Å². The molecule has 3 aliphatic heterocycles. The Labute approximate surface area is 139 Å². The summed E-state index contributed by atoms with van der Waals surface area (Å²) >= 11 is 1.58. The Morgan fingerprint density at radius 1 is 1.35 bits per heavy atom. The number of amides is 1. The average molecular weight is 332 g/mol. The van der Waals surface area contributed by atoms with Crippen LogP contribution in [0.25, 0.3) is 0 Å². The van der Waals surface area contributed by atoms with Crippen LogP contribution < -0.4 is 0 Å². The number of thiazole rings is 1. The van der Waals surface area contributed by atoms with Crippen LogP contribution >= 0.6 is 11.3 Å². The maximum absolute atomic E-state index is 12.8. The Morgan fingerprint density at radius 2 is 2.26 bits per heavy atom. The molecule has 6 nitrogen and oxygen atoms in total. The van der Waals surface area contributed by atoms with Gasteiger partial charge in [-0.25, -0.2) is 4.98 Å². The average Bonchev–Trinajstić information content (AvgIpc) is 3.10. The normalized spacial score (nSPS) is 25.1. The maximum atomic E-state index is 12.8. The zero-order valence-electron chi connectivity index (χ0n) is 13.1. The third kappa shape index (κ3) is 3.03. The van der Waals surface area contributed by atoms with E-state index in [1.165, 1.54) is 0 Å². The first-order valence-electron chi connectivity index (χ1n) is 8.01. The van der Waals surface area contributed by atoms with Gasteiger partial charge in [-0.05, 0) is 19.8 Å². The zero-order valence-corrected chi connectivity index (χ0v) is 14.0. The lowest BCUT2D eigenvalue weighted by molar-refractivity contribution is -0.140. The molecule has 0 aromatic carbocycles. The summed E-state index contributed by atoms with van der Waals surface area (Å²) in [6, 6.07) is 2.24. The van der Waals surface area contributed by atoms with E-state index in [0.717, 1.165) is 49.6 Å². The molecule has 0 saturated carbocycles. The number of carbonyl (C=O) groups excluding carboxylic acids is 1. The van der Waals surface area contributed by atoms with Gasteiger partial charge in [-0.15, -0.1) is 11.3 Å². The van der Waals surface area contributed by atoms with Crippen molar-refractivity contribution in [2.75, 3.05) is 13.1 Å². The SMILES string of the molecule is Cc1cc(CN2C[C@H]3CC[C@@H](C2)N(Cc2cscn2)C3=O)on1.